The van der Waals surface area contributed by atoms with Gasteiger partial charge in [-0.3, -0.25) is 24.8 Å². The summed E-state index contributed by atoms with van der Waals surface area (Å²) in [6, 6.07) is -0.374. The molecule has 0 spiro atoms. The van der Waals surface area contributed by atoms with Crippen molar-refractivity contribution in [2.24, 2.45) is 0 Å². The summed E-state index contributed by atoms with van der Waals surface area (Å²) in [5.41, 5.74) is 0. The van der Waals surface area contributed by atoms with Crippen LogP contribution in [0, 0.1) is 0 Å². The number of amides is 3. The maximum absolute atomic E-state index is 13.8. The van der Waals surface area contributed by atoms with Gasteiger partial charge in [0.05, 0.1) is 57.6 Å². The molecule has 0 saturated carbocycles. The molecule has 1 saturated heterocycles. The van der Waals surface area contributed by atoms with E-state index in [4.69, 9.17) is 37.9 Å². The van der Waals surface area contributed by atoms with Gasteiger partial charge in [-0.05, 0) is 55.4 Å². The smallest absolute Gasteiger partial charge is 0.326 e. The van der Waals surface area contributed by atoms with Crippen molar-refractivity contribution in [2.75, 3.05) is 79.8 Å². The highest BCUT2D eigenvalue weighted by Crippen LogP contribution is 2.25. The number of urea groups is 1. The Labute approximate surface area is 252 Å². The van der Waals surface area contributed by atoms with E-state index in [0.717, 1.165) is 0 Å². The van der Waals surface area contributed by atoms with Crippen molar-refractivity contribution in [2.45, 2.75) is 92.1 Å². The number of nitrogens with zero attached hydrogens (tertiary/aromatic N) is 3. The zero-order valence-electron chi connectivity index (χ0n) is 27.0. The minimum absolute atomic E-state index is 0.0466. The summed E-state index contributed by atoms with van der Waals surface area (Å²) in [5.74, 6) is 0. The summed E-state index contributed by atoms with van der Waals surface area (Å²) in [5, 5.41) is 3.29. The number of carbonyl (C=O) groups is 2. The molecule has 3 amide bonds. The van der Waals surface area contributed by atoms with Crippen molar-refractivity contribution in [3.63, 3.8) is 0 Å². The van der Waals surface area contributed by atoms with Crippen LogP contribution in [0.4, 0.5) is 4.79 Å². The van der Waals surface area contributed by atoms with E-state index in [1.165, 1.54) is 14.7 Å². The first kappa shape index (κ1) is 38.4. The Kier molecular flexibility index (Phi) is 20.9. The largest absolute Gasteiger partial charge is 0.379 e. The molecular formula is C28H56N4O10. The maximum Gasteiger partial charge on any atom is 0.326 e. The third-order valence-corrected chi connectivity index (χ3v) is 6.30. The minimum Gasteiger partial charge on any atom is -0.379 e. The van der Waals surface area contributed by atoms with Gasteiger partial charge in [0.25, 0.3) is 0 Å². The van der Waals surface area contributed by atoms with Gasteiger partial charge in [0.15, 0.2) is 0 Å². The fourth-order valence-corrected chi connectivity index (χ4v) is 3.97. The van der Waals surface area contributed by atoms with Crippen molar-refractivity contribution < 1.29 is 47.5 Å². The molecular weight excluding hydrogens is 552 g/mol. The fraction of sp³-hybridized carbons (Fsp3) is 0.929. The highest BCUT2D eigenvalue weighted by Gasteiger charge is 2.49. The second kappa shape index (κ2) is 22.9. The predicted octanol–water partition coefficient (Wildman–Crippen LogP) is 2.02. The van der Waals surface area contributed by atoms with Gasteiger partial charge >= 0.3 is 6.03 Å². The van der Waals surface area contributed by atoms with Crippen LogP contribution in [0.1, 0.15) is 55.4 Å². The van der Waals surface area contributed by atoms with Crippen LogP contribution in [0.2, 0.25) is 0 Å². The first-order valence-corrected chi connectivity index (χ1v) is 15.0. The quantitative estimate of drug-likeness (QED) is 0.109. The molecule has 0 aromatic carbocycles. The van der Waals surface area contributed by atoms with Gasteiger partial charge in [-0.1, -0.05) is 0 Å². The lowest BCUT2D eigenvalue weighted by Crippen LogP contribution is -2.57. The van der Waals surface area contributed by atoms with Crippen molar-refractivity contribution in [1.82, 2.24) is 20.0 Å². The number of hydrogen-bond donors (Lipinski definition) is 1. The summed E-state index contributed by atoms with van der Waals surface area (Å²) < 4.78 is 45.6. The zero-order valence-corrected chi connectivity index (χ0v) is 27.0. The molecule has 0 bridgehead atoms. The number of carbonyl (C=O) groups excluding carboxylic acids is 2. The lowest BCUT2D eigenvalue weighted by atomic mass is 10.3. The Balaban J connectivity index is 3.22. The Morgan fingerprint density at radius 2 is 1.14 bits per heavy atom. The van der Waals surface area contributed by atoms with Crippen LogP contribution < -0.4 is 5.32 Å². The van der Waals surface area contributed by atoms with E-state index in [9.17, 15) is 9.59 Å². The van der Waals surface area contributed by atoms with Crippen LogP contribution in [-0.2, 0) is 42.7 Å². The first-order chi connectivity index (χ1) is 20.2. The molecule has 42 heavy (non-hydrogen) atoms. The van der Waals surface area contributed by atoms with Crippen molar-refractivity contribution in [3.8, 4) is 0 Å². The number of nitrogens with one attached hydrogen (secondary N) is 1. The van der Waals surface area contributed by atoms with E-state index < -0.39 is 12.3 Å². The van der Waals surface area contributed by atoms with Gasteiger partial charge in [-0.15, -0.1) is 0 Å². The second-order valence-corrected chi connectivity index (χ2v) is 9.98. The topological polar surface area (TPSA) is 130 Å². The van der Waals surface area contributed by atoms with Gasteiger partial charge in [-0.2, -0.15) is 0 Å². The normalized spacial score (nSPS) is 20.1. The molecule has 6 atom stereocenters. The third kappa shape index (κ3) is 14.2. The molecule has 6 unspecified atom stereocenters. The summed E-state index contributed by atoms with van der Waals surface area (Å²) >= 11 is 0. The SMILES string of the molecule is CCOCC(C)OCNC1C(N(C=O)COC(C)COCC)N(COC(C)COCC)C(=O)N1COC(C)COCC. The summed E-state index contributed by atoms with van der Waals surface area (Å²) in [7, 11) is 0. The Morgan fingerprint density at radius 3 is 1.60 bits per heavy atom. The van der Waals surface area contributed by atoms with Crippen molar-refractivity contribution in [3.05, 3.63) is 0 Å². The first-order valence-electron chi connectivity index (χ1n) is 15.0. The monoisotopic (exact) mass is 608 g/mol. The average Bonchev–Trinajstić information content (AvgIpc) is 3.24. The van der Waals surface area contributed by atoms with Gasteiger partial charge in [0.1, 0.15) is 32.5 Å². The Morgan fingerprint density at radius 1 is 0.714 bits per heavy atom. The number of hydrogen-bond acceptors (Lipinski definition) is 11. The molecule has 1 rings (SSSR count). The average molecular weight is 609 g/mol. The highest BCUT2D eigenvalue weighted by molar-refractivity contribution is 5.78. The molecule has 0 radical (unpaired) electrons. The van der Waals surface area contributed by atoms with E-state index >= 15 is 0 Å². The van der Waals surface area contributed by atoms with Crippen LogP contribution in [0.5, 0.6) is 0 Å². The molecule has 1 N–H and O–H groups in total. The van der Waals surface area contributed by atoms with Crippen LogP contribution in [-0.4, -0.2) is 144 Å². The number of rotatable bonds is 27. The molecule has 1 fully saturated rings. The van der Waals surface area contributed by atoms with Gasteiger partial charge in [0, 0.05) is 26.4 Å². The summed E-state index contributed by atoms with van der Waals surface area (Å²) in [6.07, 6.45) is -1.85. The molecule has 1 heterocycles. The van der Waals surface area contributed by atoms with Crippen LogP contribution >= 0.6 is 0 Å². The predicted molar refractivity (Wildman–Crippen MR) is 155 cm³/mol. The third-order valence-electron chi connectivity index (χ3n) is 6.30. The van der Waals surface area contributed by atoms with Crippen molar-refractivity contribution in [1.29, 1.82) is 0 Å². The van der Waals surface area contributed by atoms with E-state index in [1.807, 2.05) is 55.4 Å². The molecule has 14 nitrogen and oxygen atoms in total. The Hall–Kier alpha value is -1.62. The van der Waals surface area contributed by atoms with Crippen LogP contribution in [0.3, 0.4) is 0 Å². The lowest BCUT2D eigenvalue weighted by Gasteiger charge is -2.36. The summed E-state index contributed by atoms with van der Waals surface area (Å²) in [4.78, 5) is 30.7. The molecule has 0 aromatic heterocycles. The minimum atomic E-state index is -0.801. The molecule has 0 aliphatic carbocycles. The zero-order chi connectivity index (χ0) is 31.3. The molecule has 14 heteroatoms. The summed E-state index contributed by atoms with van der Waals surface area (Å²) in [6.45, 7) is 18.8. The standard InChI is InChI=1S/C28H56N4O10/c1-9-35-13-22(5)39-17-29-26-27(30(18-33)19-40-23(6)14-36-10-2)32(21-42-25(8)16-38-12-4)28(34)31(26)20-41-24(7)15-37-11-3/h18,22-27,29H,9-17,19-21H2,1-8H3. The van der Waals surface area contributed by atoms with E-state index in [-0.39, 0.29) is 57.4 Å². The van der Waals surface area contributed by atoms with E-state index in [2.05, 4.69) is 5.32 Å². The fourth-order valence-electron chi connectivity index (χ4n) is 3.97. The Bertz CT molecular complexity index is 710. The van der Waals surface area contributed by atoms with E-state index in [0.29, 0.717) is 59.3 Å². The van der Waals surface area contributed by atoms with E-state index in [1.54, 1.807) is 0 Å². The van der Waals surface area contributed by atoms with Crippen molar-refractivity contribution >= 4 is 12.4 Å². The second-order valence-electron chi connectivity index (χ2n) is 9.98. The van der Waals surface area contributed by atoms with Crippen LogP contribution in [0.15, 0.2) is 0 Å². The lowest BCUT2D eigenvalue weighted by molar-refractivity contribution is -0.143. The molecule has 0 aromatic rings. The van der Waals surface area contributed by atoms with Gasteiger partial charge in [0.2, 0.25) is 6.41 Å². The van der Waals surface area contributed by atoms with Crippen LogP contribution in [0.25, 0.3) is 0 Å². The van der Waals surface area contributed by atoms with Gasteiger partial charge < -0.3 is 37.9 Å². The highest BCUT2D eigenvalue weighted by atomic mass is 16.6. The molecule has 1 aliphatic heterocycles. The molecule has 1 aliphatic rings. The molecule has 248 valence electrons. The maximum atomic E-state index is 13.8. The van der Waals surface area contributed by atoms with Gasteiger partial charge in [-0.25, -0.2) is 4.79 Å². The number of ether oxygens (including phenoxy) is 8.